The molecule has 2 atom stereocenters. The van der Waals surface area contributed by atoms with Gasteiger partial charge in [0.15, 0.2) is 5.58 Å². The molecule has 1 N–H and O–H groups in total. The summed E-state index contributed by atoms with van der Waals surface area (Å²) in [6.07, 6.45) is 3.82. The molecule has 2 fully saturated rings. The Kier molecular flexibility index (Phi) is 2.69. The van der Waals surface area contributed by atoms with Crippen molar-refractivity contribution in [3.8, 4) is 0 Å². The van der Waals surface area contributed by atoms with Gasteiger partial charge in [-0.3, -0.25) is 0 Å². The molecule has 2 aromatic rings. The molecule has 0 spiro atoms. The van der Waals surface area contributed by atoms with Crippen LogP contribution in [0.4, 0.5) is 6.01 Å². The quantitative estimate of drug-likeness (QED) is 0.851. The molecule has 0 saturated carbocycles. The van der Waals surface area contributed by atoms with E-state index in [0.717, 1.165) is 36.1 Å². The van der Waals surface area contributed by atoms with Gasteiger partial charge < -0.3 is 14.6 Å². The number of fused-ring (bicyclic) bond motifs is 2. The summed E-state index contributed by atoms with van der Waals surface area (Å²) >= 11 is 0. The van der Waals surface area contributed by atoms with Crippen molar-refractivity contribution in [2.45, 2.75) is 25.3 Å². The highest BCUT2D eigenvalue weighted by Crippen LogP contribution is 2.29. The van der Waals surface area contributed by atoms with Crippen molar-refractivity contribution in [3.05, 3.63) is 24.3 Å². The summed E-state index contributed by atoms with van der Waals surface area (Å²) in [5, 5.41) is 3.64. The second-order valence-corrected chi connectivity index (χ2v) is 5.66. The Morgan fingerprint density at radius 3 is 3.16 bits per heavy atom. The lowest BCUT2D eigenvalue weighted by Crippen LogP contribution is -2.52. The van der Waals surface area contributed by atoms with Gasteiger partial charge in [-0.05, 0) is 43.9 Å². The van der Waals surface area contributed by atoms with E-state index in [0.29, 0.717) is 6.04 Å². The number of anilines is 1. The van der Waals surface area contributed by atoms with E-state index in [9.17, 15) is 0 Å². The molecule has 0 amide bonds. The van der Waals surface area contributed by atoms with Gasteiger partial charge in [0.05, 0.1) is 0 Å². The molecule has 4 rings (SSSR count). The van der Waals surface area contributed by atoms with Gasteiger partial charge in [-0.15, -0.1) is 0 Å². The number of piperidine rings is 2. The third kappa shape index (κ3) is 2.00. The van der Waals surface area contributed by atoms with Crippen LogP contribution in [-0.4, -0.2) is 30.7 Å². The van der Waals surface area contributed by atoms with Gasteiger partial charge in [-0.25, -0.2) is 0 Å². The van der Waals surface area contributed by atoms with Crippen molar-refractivity contribution in [2.75, 3.05) is 24.5 Å². The average molecular weight is 257 g/mol. The molecule has 1 aromatic carbocycles. The fraction of sp³-hybridized carbons (Fsp3) is 0.533. The molecule has 100 valence electrons. The number of aromatic nitrogens is 1. The Morgan fingerprint density at radius 2 is 2.21 bits per heavy atom. The Labute approximate surface area is 112 Å². The standard InChI is InChI=1S/C15H19N3O/c1-2-6-14-13(5-1)17-15(19-14)18-9-7-12-11(10-18)4-3-8-16-12/h1-2,5-6,11-12,16H,3-4,7-10H2. The molecule has 2 aliphatic heterocycles. The van der Waals surface area contributed by atoms with Gasteiger partial charge in [0.1, 0.15) is 5.52 Å². The number of hydrogen-bond donors (Lipinski definition) is 1. The number of nitrogens with zero attached hydrogens (tertiary/aromatic N) is 2. The lowest BCUT2D eigenvalue weighted by atomic mass is 9.85. The molecule has 2 unspecified atom stereocenters. The first-order valence-electron chi connectivity index (χ1n) is 7.24. The van der Waals surface area contributed by atoms with Crippen LogP contribution in [0.5, 0.6) is 0 Å². The molecule has 0 bridgehead atoms. The van der Waals surface area contributed by atoms with Gasteiger partial charge in [0.2, 0.25) is 0 Å². The minimum atomic E-state index is 0.703. The minimum Gasteiger partial charge on any atom is -0.423 e. The summed E-state index contributed by atoms with van der Waals surface area (Å²) in [7, 11) is 0. The Bertz CT molecular complexity index is 547. The van der Waals surface area contributed by atoms with Crippen LogP contribution in [0.15, 0.2) is 28.7 Å². The number of rotatable bonds is 1. The maximum atomic E-state index is 5.88. The maximum Gasteiger partial charge on any atom is 0.298 e. The molecule has 4 heteroatoms. The zero-order chi connectivity index (χ0) is 12.7. The van der Waals surface area contributed by atoms with E-state index in [2.05, 4.69) is 15.2 Å². The first-order valence-corrected chi connectivity index (χ1v) is 7.24. The SMILES string of the molecule is c1ccc2oc(N3CCC4NCCCC4C3)nc2c1. The molecule has 2 saturated heterocycles. The number of benzene rings is 1. The van der Waals surface area contributed by atoms with Crippen LogP contribution in [0.1, 0.15) is 19.3 Å². The number of oxazole rings is 1. The number of para-hydroxylation sites is 2. The summed E-state index contributed by atoms with van der Waals surface area (Å²) in [4.78, 5) is 6.93. The highest BCUT2D eigenvalue weighted by molar-refractivity contribution is 5.74. The van der Waals surface area contributed by atoms with E-state index in [-0.39, 0.29) is 0 Å². The van der Waals surface area contributed by atoms with Crippen LogP contribution in [0, 0.1) is 5.92 Å². The van der Waals surface area contributed by atoms with Gasteiger partial charge in [-0.2, -0.15) is 4.98 Å². The predicted octanol–water partition coefficient (Wildman–Crippen LogP) is 2.41. The molecule has 3 heterocycles. The van der Waals surface area contributed by atoms with Crippen molar-refractivity contribution in [1.82, 2.24) is 10.3 Å². The molecular formula is C15H19N3O. The summed E-state index contributed by atoms with van der Waals surface area (Å²) < 4.78 is 5.88. The van der Waals surface area contributed by atoms with E-state index in [4.69, 9.17) is 4.42 Å². The molecule has 2 aliphatic rings. The predicted molar refractivity (Wildman–Crippen MR) is 75.4 cm³/mol. The van der Waals surface area contributed by atoms with Crippen LogP contribution in [0.3, 0.4) is 0 Å². The molecular weight excluding hydrogens is 238 g/mol. The maximum absolute atomic E-state index is 5.88. The van der Waals surface area contributed by atoms with E-state index in [1.807, 2.05) is 24.3 Å². The molecule has 4 nitrogen and oxygen atoms in total. The Balaban J connectivity index is 1.58. The van der Waals surface area contributed by atoms with Crippen LogP contribution < -0.4 is 10.2 Å². The fourth-order valence-electron chi connectivity index (χ4n) is 3.41. The first-order chi connectivity index (χ1) is 9.40. The van der Waals surface area contributed by atoms with Crippen LogP contribution in [0.25, 0.3) is 11.1 Å². The van der Waals surface area contributed by atoms with Gasteiger partial charge in [-0.1, -0.05) is 12.1 Å². The summed E-state index contributed by atoms with van der Waals surface area (Å²) in [6, 6.07) is 9.50. The molecule has 1 aromatic heterocycles. The van der Waals surface area contributed by atoms with Gasteiger partial charge in [0, 0.05) is 19.1 Å². The minimum absolute atomic E-state index is 0.703. The second-order valence-electron chi connectivity index (χ2n) is 5.66. The zero-order valence-corrected chi connectivity index (χ0v) is 11.0. The first kappa shape index (κ1) is 11.3. The summed E-state index contributed by atoms with van der Waals surface area (Å²) in [5.41, 5.74) is 1.85. The lowest BCUT2D eigenvalue weighted by molar-refractivity contribution is 0.240. The van der Waals surface area contributed by atoms with Crippen molar-refractivity contribution >= 4 is 17.1 Å². The highest BCUT2D eigenvalue weighted by atomic mass is 16.4. The number of nitrogens with one attached hydrogen (secondary N) is 1. The third-order valence-electron chi connectivity index (χ3n) is 4.45. The van der Waals surface area contributed by atoms with E-state index in [1.54, 1.807) is 0 Å². The lowest BCUT2D eigenvalue weighted by Gasteiger charge is -2.41. The van der Waals surface area contributed by atoms with E-state index in [1.165, 1.54) is 25.8 Å². The fourth-order valence-corrected chi connectivity index (χ4v) is 3.41. The van der Waals surface area contributed by atoms with Crippen molar-refractivity contribution in [1.29, 1.82) is 0 Å². The van der Waals surface area contributed by atoms with E-state index < -0.39 is 0 Å². The van der Waals surface area contributed by atoms with Crippen LogP contribution in [0.2, 0.25) is 0 Å². The summed E-state index contributed by atoms with van der Waals surface area (Å²) in [6.45, 7) is 3.30. The highest BCUT2D eigenvalue weighted by Gasteiger charge is 2.32. The topological polar surface area (TPSA) is 41.3 Å². The monoisotopic (exact) mass is 257 g/mol. The van der Waals surface area contributed by atoms with Crippen LogP contribution in [-0.2, 0) is 0 Å². The smallest absolute Gasteiger partial charge is 0.298 e. The average Bonchev–Trinajstić information content (AvgIpc) is 2.90. The van der Waals surface area contributed by atoms with Gasteiger partial charge >= 0.3 is 0 Å². The molecule has 0 aliphatic carbocycles. The molecule has 0 radical (unpaired) electrons. The van der Waals surface area contributed by atoms with E-state index >= 15 is 0 Å². The van der Waals surface area contributed by atoms with Crippen molar-refractivity contribution < 1.29 is 4.42 Å². The second kappa shape index (κ2) is 4.53. The van der Waals surface area contributed by atoms with Crippen LogP contribution >= 0.6 is 0 Å². The third-order valence-corrected chi connectivity index (χ3v) is 4.45. The largest absolute Gasteiger partial charge is 0.423 e. The number of hydrogen-bond acceptors (Lipinski definition) is 4. The zero-order valence-electron chi connectivity index (χ0n) is 11.0. The normalized spacial score (nSPS) is 27.5. The molecule has 19 heavy (non-hydrogen) atoms. The van der Waals surface area contributed by atoms with Gasteiger partial charge in [0.25, 0.3) is 6.01 Å². The Morgan fingerprint density at radius 1 is 1.26 bits per heavy atom. The van der Waals surface area contributed by atoms with Crippen molar-refractivity contribution in [2.24, 2.45) is 5.92 Å². The van der Waals surface area contributed by atoms with Crippen molar-refractivity contribution in [3.63, 3.8) is 0 Å². The Hall–Kier alpha value is -1.55. The summed E-state index contributed by atoms with van der Waals surface area (Å²) in [5.74, 6) is 0.748.